The Morgan fingerprint density at radius 3 is 2.72 bits per heavy atom. The first-order valence-electron chi connectivity index (χ1n) is 6.16. The molecule has 0 radical (unpaired) electrons. The maximum Gasteiger partial charge on any atom is 0.172 e. The Balaban J connectivity index is 3.12. The molecule has 0 aliphatic heterocycles. The maximum absolute atomic E-state index is 8.86. The zero-order valence-electron chi connectivity index (χ0n) is 10.9. The van der Waals surface area contributed by atoms with Crippen LogP contribution in [0.5, 0.6) is 0 Å². The third-order valence-electron chi connectivity index (χ3n) is 2.85. The SMILES string of the molecule is CCCCN(CC)c1ccc(Br)cc1/C(N)=N/O. The molecule has 1 aromatic carbocycles. The summed E-state index contributed by atoms with van der Waals surface area (Å²) in [6.45, 7) is 6.14. The lowest BCUT2D eigenvalue weighted by Crippen LogP contribution is -2.27. The molecule has 0 aliphatic carbocycles. The number of rotatable bonds is 6. The number of unbranched alkanes of at least 4 members (excludes halogenated alkanes) is 1. The van der Waals surface area contributed by atoms with Gasteiger partial charge in [-0.3, -0.25) is 0 Å². The van der Waals surface area contributed by atoms with Crippen LogP contribution < -0.4 is 10.6 Å². The van der Waals surface area contributed by atoms with Gasteiger partial charge in [0.1, 0.15) is 0 Å². The molecule has 0 amide bonds. The highest BCUT2D eigenvalue weighted by molar-refractivity contribution is 9.10. The normalized spacial score (nSPS) is 11.6. The van der Waals surface area contributed by atoms with Crippen LogP contribution in [-0.2, 0) is 0 Å². The highest BCUT2D eigenvalue weighted by Gasteiger charge is 2.13. The predicted octanol–water partition coefficient (Wildman–Crippen LogP) is 3.17. The summed E-state index contributed by atoms with van der Waals surface area (Å²) in [5.41, 5.74) is 7.50. The smallest absolute Gasteiger partial charge is 0.172 e. The zero-order valence-corrected chi connectivity index (χ0v) is 12.4. The molecular formula is C13H20BrN3O. The fourth-order valence-corrected chi connectivity index (χ4v) is 2.20. The van der Waals surface area contributed by atoms with Crippen molar-refractivity contribution >= 4 is 27.5 Å². The second-order valence-electron chi connectivity index (χ2n) is 4.08. The second kappa shape index (κ2) is 7.26. The van der Waals surface area contributed by atoms with E-state index >= 15 is 0 Å². The molecule has 100 valence electrons. The number of benzene rings is 1. The summed E-state index contributed by atoms with van der Waals surface area (Å²) < 4.78 is 0.916. The first kappa shape index (κ1) is 14.8. The minimum atomic E-state index is 0.140. The summed E-state index contributed by atoms with van der Waals surface area (Å²) in [4.78, 5) is 2.24. The number of nitrogens with two attached hydrogens (primary N) is 1. The summed E-state index contributed by atoms with van der Waals surface area (Å²) in [5, 5.41) is 12.0. The predicted molar refractivity (Wildman–Crippen MR) is 79.4 cm³/mol. The fraction of sp³-hybridized carbons (Fsp3) is 0.462. The van der Waals surface area contributed by atoms with Gasteiger partial charge in [-0.15, -0.1) is 0 Å². The van der Waals surface area contributed by atoms with Crippen LogP contribution in [0.4, 0.5) is 5.69 Å². The molecular weight excluding hydrogens is 294 g/mol. The van der Waals surface area contributed by atoms with Crippen molar-refractivity contribution in [1.29, 1.82) is 0 Å². The average molecular weight is 314 g/mol. The molecule has 0 bridgehead atoms. The molecule has 0 aliphatic rings. The van der Waals surface area contributed by atoms with Gasteiger partial charge in [0.25, 0.3) is 0 Å². The van der Waals surface area contributed by atoms with Crippen molar-refractivity contribution < 1.29 is 5.21 Å². The summed E-state index contributed by atoms with van der Waals surface area (Å²) in [5.74, 6) is 0.140. The number of halogens is 1. The lowest BCUT2D eigenvalue weighted by Gasteiger charge is -2.25. The van der Waals surface area contributed by atoms with E-state index in [1.807, 2.05) is 18.2 Å². The van der Waals surface area contributed by atoms with Gasteiger partial charge < -0.3 is 15.8 Å². The Morgan fingerprint density at radius 1 is 1.44 bits per heavy atom. The van der Waals surface area contributed by atoms with Crippen LogP contribution in [0, 0.1) is 0 Å². The van der Waals surface area contributed by atoms with Crippen LogP contribution in [-0.4, -0.2) is 24.1 Å². The number of oxime groups is 1. The third-order valence-corrected chi connectivity index (χ3v) is 3.34. The topological polar surface area (TPSA) is 61.8 Å². The van der Waals surface area contributed by atoms with Crippen LogP contribution >= 0.6 is 15.9 Å². The molecule has 0 fully saturated rings. The van der Waals surface area contributed by atoms with E-state index in [9.17, 15) is 0 Å². The van der Waals surface area contributed by atoms with Crippen molar-refractivity contribution in [3.8, 4) is 0 Å². The molecule has 3 N–H and O–H groups in total. The van der Waals surface area contributed by atoms with Gasteiger partial charge in [-0.05, 0) is 31.5 Å². The van der Waals surface area contributed by atoms with E-state index in [4.69, 9.17) is 10.9 Å². The number of anilines is 1. The summed E-state index contributed by atoms with van der Waals surface area (Å²) in [7, 11) is 0. The molecule has 0 unspecified atom stereocenters. The first-order chi connectivity index (χ1) is 8.63. The van der Waals surface area contributed by atoms with E-state index in [-0.39, 0.29) is 5.84 Å². The first-order valence-corrected chi connectivity index (χ1v) is 6.95. The number of hydrogen-bond donors (Lipinski definition) is 2. The largest absolute Gasteiger partial charge is 0.409 e. The molecule has 18 heavy (non-hydrogen) atoms. The molecule has 0 saturated carbocycles. The molecule has 0 saturated heterocycles. The van der Waals surface area contributed by atoms with Crippen LogP contribution in [0.3, 0.4) is 0 Å². The van der Waals surface area contributed by atoms with Crippen LogP contribution in [0.2, 0.25) is 0 Å². The van der Waals surface area contributed by atoms with Crippen molar-refractivity contribution in [3.05, 3.63) is 28.2 Å². The monoisotopic (exact) mass is 313 g/mol. The molecule has 1 aromatic rings. The van der Waals surface area contributed by atoms with E-state index in [0.29, 0.717) is 0 Å². The molecule has 0 aromatic heterocycles. The van der Waals surface area contributed by atoms with Gasteiger partial charge in [0, 0.05) is 28.8 Å². The molecule has 0 heterocycles. The van der Waals surface area contributed by atoms with Gasteiger partial charge in [0.2, 0.25) is 0 Å². The van der Waals surface area contributed by atoms with Crippen LogP contribution in [0.1, 0.15) is 32.3 Å². The summed E-state index contributed by atoms with van der Waals surface area (Å²) >= 11 is 3.41. The Morgan fingerprint density at radius 2 is 2.17 bits per heavy atom. The molecule has 1 rings (SSSR count). The van der Waals surface area contributed by atoms with E-state index in [2.05, 4.69) is 39.8 Å². The van der Waals surface area contributed by atoms with Crippen LogP contribution in [0.25, 0.3) is 0 Å². The fourth-order valence-electron chi connectivity index (χ4n) is 1.84. The Hall–Kier alpha value is -1.23. The minimum Gasteiger partial charge on any atom is -0.409 e. The van der Waals surface area contributed by atoms with Gasteiger partial charge in [-0.1, -0.05) is 34.4 Å². The second-order valence-corrected chi connectivity index (χ2v) is 5.00. The van der Waals surface area contributed by atoms with Crippen molar-refractivity contribution in [2.75, 3.05) is 18.0 Å². The number of hydrogen-bond acceptors (Lipinski definition) is 3. The van der Waals surface area contributed by atoms with Crippen molar-refractivity contribution in [3.63, 3.8) is 0 Å². The van der Waals surface area contributed by atoms with Gasteiger partial charge in [0.05, 0.1) is 0 Å². The van der Waals surface area contributed by atoms with Crippen LogP contribution in [0.15, 0.2) is 27.8 Å². The molecule has 0 atom stereocenters. The van der Waals surface area contributed by atoms with E-state index in [0.717, 1.165) is 41.7 Å². The summed E-state index contributed by atoms with van der Waals surface area (Å²) in [6, 6.07) is 5.84. The lowest BCUT2D eigenvalue weighted by molar-refractivity contribution is 0.318. The van der Waals surface area contributed by atoms with Gasteiger partial charge in [0.15, 0.2) is 5.84 Å². The van der Waals surface area contributed by atoms with Crippen molar-refractivity contribution in [2.24, 2.45) is 10.9 Å². The van der Waals surface area contributed by atoms with Gasteiger partial charge >= 0.3 is 0 Å². The third kappa shape index (κ3) is 3.63. The molecule has 4 nitrogen and oxygen atoms in total. The quantitative estimate of drug-likeness (QED) is 0.367. The summed E-state index contributed by atoms with van der Waals surface area (Å²) in [6.07, 6.45) is 2.27. The number of amidine groups is 1. The molecule has 5 heteroatoms. The van der Waals surface area contributed by atoms with E-state index in [1.54, 1.807) is 0 Å². The average Bonchev–Trinajstić information content (AvgIpc) is 2.39. The number of nitrogens with zero attached hydrogens (tertiary/aromatic N) is 2. The lowest BCUT2D eigenvalue weighted by atomic mass is 10.1. The Kier molecular flexibility index (Phi) is 5.98. The Bertz CT molecular complexity index is 421. The highest BCUT2D eigenvalue weighted by Crippen LogP contribution is 2.25. The van der Waals surface area contributed by atoms with Crippen molar-refractivity contribution in [1.82, 2.24) is 0 Å². The van der Waals surface area contributed by atoms with Gasteiger partial charge in [-0.2, -0.15) is 0 Å². The minimum absolute atomic E-state index is 0.140. The van der Waals surface area contributed by atoms with Gasteiger partial charge in [-0.25, -0.2) is 0 Å². The molecule has 0 spiro atoms. The Labute approximate surface area is 117 Å². The highest BCUT2D eigenvalue weighted by atomic mass is 79.9. The standard InChI is InChI=1S/C13H20BrN3O/c1-3-5-8-17(4-2)12-7-6-10(14)9-11(12)13(15)16-18/h6-7,9,18H,3-5,8H2,1-2H3,(H2,15,16). The van der Waals surface area contributed by atoms with E-state index in [1.165, 1.54) is 0 Å². The maximum atomic E-state index is 8.86. The van der Waals surface area contributed by atoms with Crippen molar-refractivity contribution in [2.45, 2.75) is 26.7 Å². The van der Waals surface area contributed by atoms with E-state index < -0.39 is 0 Å². The zero-order chi connectivity index (χ0) is 13.5.